The molecule has 0 aromatic heterocycles. The number of benzene rings is 1. The smallest absolute Gasteiger partial charge is 0.312 e. The number of carbonyl (C=O) groups excluding carboxylic acids is 3. The number of esters is 1. The molecule has 10 heteroatoms. The monoisotopic (exact) mass is 608 g/mol. The second kappa shape index (κ2) is 11.5. The molecule has 8 atom stereocenters. The van der Waals surface area contributed by atoms with Crippen molar-refractivity contribution in [3.63, 3.8) is 0 Å². The molecule has 1 N–H and O–H groups in total. The van der Waals surface area contributed by atoms with E-state index >= 15 is 0 Å². The van der Waals surface area contributed by atoms with Crippen molar-refractivity contribution in [1.29, 1.82) is 0 Å². The Morgan fingerprint density at radius 3 is 2.61 bits per heavy atom. The lowest BCUT2D eigenvalue weighted by atomic mass is 9.70. The highest BCUT2D eigenvalue weighted by molar-refractivity contribution is 9.09. The van der Waals surface area contributed by atoms with Crippen LogP contribution >= 0.6 is 27.5 Å². The summed E-state index contributed by atoms with van der Waals surface area (Å²) in [5.41, 5.74) is -0.682. The van der Waals surface area contributed by atoms with E-state index in [0.717, 1.165) is 0 Å². The molecular weight excluding hydrogens is 576 g/mol. The van der Waals surface area contributed by atoms with Gasteiger partial charge in [0.15, 0.2) is 0 Å². The van der Waals surface area contributed by atoms with Crippen molar-refractivity contribution in [2.24, 2.45) is 17.8 Å². The van der Waals surface area contributed by atoms with Crippen LogP contribution in [0.3, 0.4) is 0 Å². The van der Waals surface area contributed by atoms with E-state index in [-0.39, 0.29) is 42.3 Å². The van der Waals surface area contributed by atoms with E-state index < -0.39 is 41.6 Å². The number of hydrogen-bond donors (Lipinski definition) is 1. The average Bonchev–Trinajstić information content (AvgIpc) is 3.50. The van der Waals surface area contributed by atoms with Crippen molar-refractivity contribution >= 4 is 51.0 Å². The van der Waals surface area contributed by atoms with Gasteiger partial charge in [0.2, 0.25) is 5.91 Å². The Morgan fingerprint density at radius 2 is 2.03 bits per heavy atom. The molecule has 2 bridgehead atoms. The molecule has 0 radical (unpaired) electrons. The van der Waals surface area contributed by atoms with Crippen molar-refractivity contribution in [2.75, 3.05) is 24.7 Å². The maximum atomic E-state index is 14.5. The predicted octanol–water partition coefficient (Wildman–Crippen LogP) is 3.74. The molecule has 206 valence electrons. The average molecular weight is 610 g/mol. The molecule has 0 aliphatic carbocycles. The second-order valence-corrected chi connectivity index (χ2v) is 11.8. The van der Waals surface area contributed by atoms with Gasteiger partial charge in [-0.15, -0.1) is 6.58 Å². The van der Waals surface area contributed by atoms with E-state index in [0.29, 0.717) is 23.6 Å². The van der Waals surface area contributed by atoms with Gasteiger partial charge < -0.3 is 24.4 Å². The van der Waals surface area contributed by atoms with Crippen molar-refractivity contribution in [1.82, 2.24) is 4.90 Å². The molecule has 1 spiro atoms. The molecule has 8 nitrogen and oxygen atoms in total. The lowest BCUT2D eigenvalue weighted by Crippen LogP contribution is -2.60. The van der Waals surface area contributed by atoms with Crippen LogP contribution in [-0.4, -0.2) is 76.2 Å². The van der Waals surface area contributed by atoms with Crippen LogP contribution in [0.25, 0.3) is 0 Å². The normalized spacial score (nSPS) is 31.0. The van der Waals surface area contributed by atoms with Crippen molar-refractivity contribution in [2.45, 2.75) is 55.3 Å². The Kier molecular flexibility index (Phi) is 8.71. The minimum absolute atomic E-state index is 0.00476. The number of ether oxygens (including phenoxy) is 2. The summed E-state index contributed by atoms with van der Waals surface area (Å²) in [6.07, 6.45) is 3.48. The van der Waals surface area contributed by atoms with E-state index in [9.17, 15) is 19.5 Å². The van der Waals surface area contributed by atoms with E-state index in [4.69, 9.17) is 21.1 Å². The molecule has 3 saturated heterocycles. The van der Waals surface area contributed by atoms with Crippen LogP contribution in [0.1, 0.15) is 26.7 Å². The maximum Gasteiger partial charge on any atom is 0.312 e. The van der Waals surface area contributed by atoms with Gasteiger partial charge >= 0.3 is 5.97 Å². The molecule has 3 heterocycles. The van der Waals surface area contributed by atoms with Crippen LogP contribution in [0, 0.1) is 17.8 Å². The molecule has 3 aliphatic heterocycles. The molecule has 1 aromatic carbocycles. The minimum atomic E-state index is -1.27. The van der Waals surface area contributed by atoms with Crippen LogP contribution in [0.5, 0.6) is 0 Å². The van der Waals surface area contributed by atoms with Gasteiger partial charge in [-0.25, -0.2) is 0 Å². The van der Waals surface area contributed by atoms with Crippen LogP contribution < -0.4 is 4.90 Å². The first-order chi connectivity index (χ1) is 18.2. The lowest BCUT2D eigenvalue weighted by molar-refractivity contribution is -0.155. The van der Waals surface area contributed by atoms with E-state index in [1.807, 2.05) is 13.8 Å². The number of rotatable bonds is 11. The number of likely N-dealkylation sites (tertiary alicyclic amines) is 1. The van der Waals surface area contributed by atoms with Crippen LogP contribution in [0.4, 0.5) is 5.69 Å². The SMILES string of the molecule is C=CCOC(=O)[C@H]1[C@@H]2OC3(CC2Br)C(C(=O)N(CC=C)c2ccc(Cl)cc2)N([C@@H](CO)[C@@H](C)CC)C(=O)[C@H]13. The zero-order valence-corrected chi connectivity index (χ0v) is 23.9. The summed E-state index contributed by atoms with van der Waals surface area (Å²) in [4.78, 5) is 44.8. The van der Waals surface area contributed by atoms with Gasteiger partial charge in [-0.3, -0.25) is 14.4 Å². The Hall–Kier alpha value is -2.20. The fourth-order valence-electron chi connectivity index (χ4n) is 6.25. The van der Waals surface area contributed by atoms with Gasteiger partial charge in [-0.05, 0) is 36.6 Å². The summed E-state index contributed by atoms with van der Waals surface area (Å²) < 4.78 is 11.9. The number of alkyl halides is 1. The van der Waals surface area contributed by atoms with Crippen LogP contribution in [-0.2, 0) is 23.9 Å². The summed E-state index contributed by atoms with van der Waals surface area (Å²) in [6, 6.07) is 5.13. The van der Waals surface area contributed by atoms with E-state index in [1.54, 1.807) is 35.2 Å². The first-order valence-electron chi connectivity index (χ1n) is 12.9. The fraction of sp³-hybridized carbons (Fsp3) is 0.536. The Bertz CT molecular complexity index is 1100. The highest BCUT2D eigenvalue weighted by atomic mass is 79.9. The summed E-state index contributed by atoms with van der Waals surface area (Å²) in [6.45, 7) is 11.2. The largest absolute Gasteiger partial charge is 0.461 e. The van der Waals surface area contributed by atoms with Gasteiger partial charge in [0.1, 0.15) is 18.2 Å². The number of amides is 2. The number of carbonyl (C=O) groups is 3. The molecule has 1 aromatic rings. The van der Waals surface area contributed by atoms with Gasteiger partial charge in [0.25, 0.3) is 5.91 Å². The highest BCUT2D eigenvalue weighted by Crippen LogP contribution is 2.61. The number of fused-ring (bicyclic) bond motifs is 1. The Balaban J connectivity index is 1.85. The first-order valence-corrected chi connectivity index (χ1v) is 14.2. The van der Waals surface area contributed by atoms with Gasteiger partial charge in [-0.1, -0.05) is 66.5 Å². The second-order valence-electron chi connectivity index (χ2n) is 10.2. The zero-order chi connectivity index (χ0) is 27.8. The number of halogens is 2. The summed E-state index contributed by atoms with van der Waals surface area (Å²) in [5.74, 6) is -3.22. The number of anilines is 1. The number of aliphatic hydroxyl groups excluding tert-OH is 1. The van der Waals surface area contributed by atoms with Crippen molar-refractivity contribution < 1.29 is 29.0 Å². The van der Waals surface area contributed by atoms with Gasteiger partial charge in [0, 0.05) is 22.1 Å². The number of nitrogens with zero attached hydrogens (tertiary/aromatic N) is 2. The standard InChI is InChI=1S/C28H34BrClN2O6/c1-5-12-31(18-10-8-17(30)9-11-18)26(35)24-28-14-19(29)23(38-28)21(27(36)37-13-6-2)22(28)25(34)32(24)20(15-33)16(4)7-3/h5-6,8-11,16,19-24,33H,1-2,7,12-15H2,3-4H3/t16-,19?,20-,21+,22-,23+,24?,28?/m0/s1. The fourth-order valence-corrected chi connectivity index (χ4v) is 7.31. The Labute approximate surface area is 236 Å². The summed E-state index contributed by atoms with van der Waals surface area (Å²) in [5, 5.41) is 11.0. The van der Waals surface area contributed by atoms with Gasteiger partial charge in [-0.2, -0.15) is 0 Å². The highest BCUT2D eigenvalue weighted by Gasteiger charge is 2.77. The molecule has 3 aliphatic rings. The molecule has 3 unspecified atom stereocenters. The number of hydrogen-bond acceptors (Lipinski definition) is 6. The van der Waals surface area contributed by atoms with Crippen molar-refractivity contribution in [3.05, 3.63) is 54.6 Å². The topological polar surface area (TPSA) is 96.4 Å². The van der Waals surface area contributed by atoms with Crippen molar-refractivity contribution in [3.8, 4) is 0 Å². The predicted molar refractivity (Wildman–Crippen MR) is 148 cm³/mol. The minimum Gasteiger partial charge on any atom is -0.461 e. The number of aliphatic hydroxyl groups is 1. The van der Waals surface area contributed by atoms with E-state index in [1.165, 1.54) is 11.0 Å². The summed E-state index contributed by atoms with van der Waals surface area (Å²) in [7, 11) is 0. The third kappa shape index (κ3) is 4.61. The Morgan fingerprint density at radius 1 is 1.34 bits per heavy atom. The van der Waals surface area contributed by atoms with Gasteiger partial charge in [0.05, 0.1) is 30.6 Å². The molecule has 2 amide bonds. The third-order valence-corrected chi connectivity index (χ3v) is 9.23. The molecule has 4 rings (SSSR count). The quantitative estimate of drug-likeness (QED) is 0.233. The molecule has 38 heavy (non-hydrogen) atoms. The molecule has 0 saturated carbocycles. The van der Waals surface area contributed by atoms with Crippen LogP contribution in [0.2, 0.25) is 5.02 Å². The molecular formula is C28H34BrClN2O6. The first kappa shape index (κ1) is 28.8. The van der Waals surface area contributed by atoms with E-state index in [2.05, 4.69) is 29.1 Å². The zero-order valence-electron chi connectivity index (χ0n) is 21.6. The lowest BCUT2D eigenvalue weighted by Gasteiger charge is -2.41. The molecule has 3 fully saturated rings. The maximum absolute atomic E-state index is 14.5. The van der Waals surface area contributed by atoms with Crippen LogP contribution in [0.15, 0.2) is 49.6 Å². The third-order valence-electron chi connectivity index (χ3n) is 8.14. The summed E-state index contributed by atoms with van der Waals surface area (Å²) >= 11 is 9.74.